The van der Waals surface area contributed by atoms with Crippen LogP contribution in [0.15, 0.2) is 12.2 Å². The molecule has 1 aliphatic carbocycles. The molecule has 3 rings (SSSR count). The molecular formula is C14H22OS2. The van der Waals surface area contributed by atoms with Crippen LogP contribution in [0.5, 0.6) is 0 Å². The molecule has 17 heavy (non-hydrogen) atoms. The fourth-order valence-electron chi connectivity index (χ4n) is 3.60. The Bertz CT molecular complexity index is 378. The van der Waals surface area contributed by atoms with Gasteiger partial charge in [0, 0.05) is 5.25 Å². The number of hydrogen-bond donors (Lipinski definition) is 1. The molecule has 96 valence electrons. The molecule has 2 aliphatic heterocycles. The van der Waals surface area contributed by atoms with Crippen molar-refractivity contribution in [1.29, 1.82) is 0 Å². The van der Waals surface area contributed by atoms with Crippen LogP contribution in [0.2, 0.25) is 0 Å². The lowest BCUT2D eigenvalue weighted by Crippen LogP contribution is -2.44. The van der Waals surface area contributed by atoms with Gasteiger partial charge >= 0.3 is 0 Å². The molecule has 0 bridgehead atoms. The molecule has 0 amide bonds. The Balaban J connectivity index is 1.93. The third kappa shape index (κ3) is 1.51. The van der Waals surface area contributed by atoms with Gasteiger partial charge < -0.3 is 5.11 Å². The molecule has 1 nitrogen and oxygen atoms in total. The van der Waals surface area contributed by atoms with E-state index in [1.165, 1.54) is 6.42 Å². The first-order valence-electron chi connectivity index (χ1n) is 6.65. The molecule has 1 N–H and O–H groups in total. The molecule has 0 radical (unpaired) electrons. The third-order valence-corrected chi connectivity index (χ3v) is 7.85. The van der Waals surface area contributed by atoms with Crippen LogP contribution in [-0.4, -0.2) is 24.8 Å². The lowest BCUT2D eigenvalue weighted by Gasteiger charge is -2.32. The Morgan fingerprint density at radius 3 is 2.41 bits per heavy atom. The van der Waals surface area contributed by atoms with Gasteiger partial charge in [-0.1, -0.05) is 33.8 Å². The highest BCUT2D eigenvalue weighted by Gasteiger charge is 2.84. The van der Waals surface area contributed by atoms with Crippen LogP contribution >= 0.6 is 23.5 Å². The molecule has 2 heterocycles. The Morgan fingerprint density at radius 2 is 1.82 bits per heavy atom. The summed E-state index contributed by atoms with van der Waals surface area (Å²) in [7, 11) is 0. The van der Waals surface area contributed by atoms with E-state index in [1.54, 1.807) is 0 Å². The number of rotatable bonds is 4. The van der Waals surface area contributed by atoms with Crippen molar-refractivity contribution >= 4 is 23.5 Å². The average Bonchev–Trinajstić information content (AvgIpc) is 2.99. The van der Waals surface area contributed by atoms with E-state index in [4.69, 9.17) is 0 Å². The van der Waals surface area contributed by atoms with E-state index in [0.717, 1.165) is 6.42 Å². The molecule has 0 spiro atoms. The number of aliphatic hydroxyl groups is 1. The average molecular weight is 270 g/mol. The maximum absolute atomic E-state index is 10.7. The molecule has 3 heteroatoms. The first-order valence-corrected chi connectivity index (χ1v) is 8.34. The normalized spacial score (nSPS) is 50.4. The lowest BCUT2D eigenvalue weighted by molar-refractivity contribution is 0.147. The van der Waals surface area contributed by atoms with E-state index < -0.39 is 4.93 Å². The van der Waals surface area contributed by atoms with E-state index in [9.17, 15) is 5.11 Å². The number of hydrogen-bond acceptors (Lipinski definition) is 3. The predicted molar refractivity (Wildman–Crippen MR) is 77.4 cm³/mol. The summed E-state index contributed by atoms with van der Waals surface area (Å²) >= 11 is 3.91. The van der Waals surface area contributed by atoms with Gasteiger partial charge in [-0.3, -0.25) is 0 Å². The third-order valence-electron chi connectivity index (χ3n) is 4.19. The molecule has 0 aromatic carbocycles. The number of thioether (sulfide) groups is 2. The van der Waals surface area contributed by atoms with Crippen molar-refractivity contribution in [2.24, 2.45) is 11.8 Å². The van der Waals surface area contributed by atoms with Crippen LogP contribution in [0.1, 0.15) is 40.5 Å². The molecule has 2 saturated heterocycles. The molecule has 0 saturated carbocycles. The maximum atomic E-state index is 10.7. The minimum atomic E-state index is -0.549. The van der Waals surface area contributed by atoms with Crippen LogP contribution in [0, 0.1) is 11.8 Å². The summed E-state index contributed by atoms with van der Waals surface area (Å²) in [5.74, 6) is 1.38. The summed E-state index contributed by atoms with van der Waals surface area (Å²) in [5, 5.41) is 11.4. The summed E-state index contributed by atoms with van der Waals surface area (Å²) in [6.45, 7) is 9.16. The fourth-order valence-corrected chi connectivity index (χ4v) is 7.55. The van der Waals surface area contributed by atoms with Crippen LogP contribution in [0.25, 0.3) is 0 Å². The van der Waals surface area contributed by atoms with Crippen molar-refractivity contribution in [3.05, 3.63) is 12.2 Å². The van der Waals surface area contributed by atoms with Crippen LogP contribution in [-0.2, 0) is 0 Å². The quantitative estimate of drug-likeness (QED) is 0.621. The van der Waals surface area contributed by atoms with Gasteiger partial charge in [-0.05, 0) is 30.8 Å². The molecule has 4 unspecified atom stereocenters. The second-order valence-electron chi connectivity index (χ2n) is 6.61. The Kier molecular flexibility index (Phi) is 2.55. The van der Waals surface area contributed by atoms with E-state index in [-0.39, 0.29) is 4.75 Å². The zero-order valence-electron chi connectivity index (χ0n) is 11.1. The smallest absolute Gasteiger partial charge is 0.146 e. The van der Waals surface area contributed by atoms with Crippen LogP contribution in [0.3, 0.4) is 0 Å². The molecule has 4 atom stereocenters. The minimum absolute atomic E-state index is 0.114. The van der Waals surface area contributed by atoms with Gasteiger partial charge in [0.05, 0.1) is 9.49 Å². The molecule has 0 aromatic rings. The highest BCUT2D eigenvalue weighted by molar-refractivity contribution is 8.15. The van der Waals surface area contributed by atoms with E-state index in [2.05, 4.69) is 51.6 Å². The first kappa shape index (κ1) is 12.4. The summed E-state index contributed by atoms with van der Waals surface area (Å²) in [6.07, 6.45) is 6.72. The lowest BCUT2D eigenvalue weighted by atomic mass is 9.73. The van der Waals surface area contributed by atoms with Gasteiger partial charge in [-0.15, -0.1) is 23.5 Å². The largest absolute Gasteiger partial charge is 0.374 e. The van der Waals surface area contributed by atoms with Crippen molar-refractivity contribution in [1.82, 2.24) is 0 Å². The van der Waals surface area contributed by atoms with Gasteiger partial charge in [0.1, 0.15) is 4.93 Å². The Morgan fingerprint density at radius 1 is 1.18 bits per heavy atom. The van der Waals surface area contributed by atoms with E-state index in [0.29, 0.717) is 21.8 Å². The summed E-state index contributed by atoms with van der Waals surface area (Å²) in [5.41, 5.74) is 0. The second-order valence-corrected chi connectivity index (χ2v) is 9.60. The van der Waals surface area contributed by atoms with Crippen LogP contribution in [0.4, 0.5) is 0 Å². The highest BCUT2D eigenvalue weighted by Crippen LogP contribution is 2.84. The zero-order valence-corrected chi connectivity index (χ0v) is 12.7. The van der Waals surface area contributed by atoms with Crippen molar-refractivity contribution < 1.29 is 5.11 Å². The molecule has 2 fully saturated rings. The molecule has 3 aliphatic rings. The predicted octanol–water partition coefficient (Wildman–Crippen LogP) is 3.68. The van der Waals surface area contributed by atoms with Crippen molar-refractivity contribution in [3.8, 4) is 0 Å². The van der Waals surface area contributed by atoms with Gasteiger partial charge in [0.2, 0.25) is 0 Å². The Labute approximate surface area is 113 Å². The first-order chi connectivity index (χ1) is 7.85. The monoisotopic (exact) mass is 270 g/mol. The van der Waals surface area contributed by atoms with E-state index >= 15 is 0 Å². The van der Waals surface area contributed by atoms with Crippen molar-refractivity contribution in [3.63, 3.8) is 0 Å². The van der Waals surface area contributed by atoms with Crippen molar-refractivity contribution in [2.75, 3.05) is 0 Å². The summed E-state index contributed by atoms with van der Waals surface area (Å²) in [6, 6.07) is 0. The van der Waals surface area contributed by atoms with Crippen LogP contribution < -0.4 is 0 Å². The molecule has 0 aromatic heterocycles. The Hall–Kier alpha value is 0.400. The molecular weight excluding hydrogens is 248 g/mol. The van der Waals surface area contributed by atoms with Gasteiger partial charge in [0.15, 0.2) is 0 Å². The number of fused-ring (bicyclic) bond motifs is 3. The van der Waals surface area contributed by atoms with Gasteiger partial charge in [-0.2, -0.15) is 0 Å². The minimum Gasteiger partial charge on any atom is -0.374 e. The SMILES string of the molecule is CC(C)CC12SC1C=CC1(O)SC12CC(C)C. The zero-order chi connectivity index (χ0) is 12.5. The topological polar surface area (TPSA) is 20.2 Å². The summed E-state index contributed by atoms with van der Waals surface area (Å²) in [4.78, 5) is -0.549. The standard InChI is InChI=1S/C14H22OS2/c1-9(2)7-12-11(16-12)5-6-14(15)13(12,17-14)8-10(3)4/h5-6,9-11,15H,7-8H2,1-4H3. The maximum Gasteiger partial charge on any atom is 0.146 e. The fraction of sp³-hybridized carbons (Fsp3) is 0.857. The van der Waals surface area contributed by atoms with E-state index in [1.807, 2.05) is 11.8 Å². The highest BCUT2D eigenvalue weighted by atomic mass is 32.2. The van der Waals surface area contributed by atoms with Gasteiger partial charge in [-0.25, -0.2) is 0 Å². The van der Waals surface area contributed by atoms with Gasteiger partial charge in [0.25, 0.3) is 0 Å². The van der Waals surface area contributed by atoms with Crippen molar-refractivity contribution in [2.45, 2.75) is 60.2 Å². The second kappa shape index (κ2) is 3.49. The summed E-state index contributed by atoms with van der Waals surface area (Å²) < 4.78 is 0.447.